The highest BCUT2D eigenvalue weighted by molar-refractivity contribution is 5.69. The maximum absolute atomic E-state index is 12.2. The fourth-order valence-corrected chi connectivity index (χ4v) is 2.19. The van der Waals surface area contributed by atoms with Gasteiger partial charge in [0.2, 0.25) is 0 Å². The Morgan fingerprint density at radius 1 is 1.38 bits per heavy atom. The Kier molecular flexibility index (Phi) is 5.43. The molecule has 1 aromatic carbocycles. The smallest absolute Gasteiger partial charge is 0.416 e. The quantitative estimate of drug-likeness (QED) is 0.793. The van der Waals surface area contributed by atoms with E-state index in [9.17, 15) is 4.79 Å². The highest BCUT2D eigenvalue weighted by Gasteiger charge is 2.23. The molecule has 0 aromatic heterocycles. The van der Waals surface area contributed by atoms with Crippen LogP contribution in [0.1, 0.15) is 24.8 Å². The van der Waals surface area contributed by atoms with Gasteiger partial charge in [-0.25, -0.2) is 9.69 Å². The van der Waals surface area contributed by atoms with E-state index in [2.05, 4.69) is 13.2 Å². The summed E-state index contributed by atoms with van der Waals surface area (Å²) in [6.45, 7) is 8.37. The molecular weight excluding hydrogens is 266 g/mol. The topological polar surface area (TPSA) is 38.8 Å². The van der Waals surface area contributed by atoms with E-state index in [0.717, 1.165) is 24.8 Å². The Morgan fingerprint density at radius 2 is 2.14 bits per heavy atom. The summed E-state index contributed by atoms with van der Waals surface area (Å²) in [6.07, 6.45) is 4.00. The molecule has 21 heavy (non-hydrogen) atoms. The Balaban J connectivity index is 1.93. The summed E-state index contributed by atoms with van der Waals surface area (Å²) in [7, 11) is 0. The van der Waals surface area contributed by atoms with Gasteiger partial charge in [0.05, 0.1) is 0 Å². The molecule has 1 amide bonds. The Bertz CT molecular complexity index is 498. The maximum atomic E-state index is 12.2. The molecule has 112 valence electrons. The lowest BCUT2D eigenvalue weighted by atomic mass is 10.1. The van der Waals surface area contributed by atoms with Crippen molar-refractivity contribution in [3.63, 3.8) is 0 Å². The zero-order valence-electron chi connectivity index (χ0n) is 12.2. The van der Waals surface area contributed by atoms with Gasteiger partial charge in [-0.15, -0.1) is 0 Å². The minimum atomic E-state index is -0.423. The summed E-state index contributed by atoms with van der Waals surface area (Å²) in [6, 6.07) is 9.58. The summed E-state index contributed by atoms with van der Waals surface area (Å²) >= 11 is 0. The molecule has 2 rings (SSSR count). The van der Waals surface area contributed by atoms with E-state index >= 15 is 0 Å². The van der Waals surface area contributed by atoms with Crippen LogP contribution in [0.25, 0.3) is 0 Å². The van der Waals surface area contributed by atoms with Crippen molar-refractivity contribution in [3.8, 4) is 0 Å². The summed E-state index contributed by atoms with van der Waals surface area (Å²) in [4.78, 5) is 13.6. The lowest BCUT2D eigenvalue weighted by Gasteiger charge is -2.29. The predicted molar refractivity (Wildman–Crippen MR) is 81.4 cm³/mol. The van der Waals surface area contributed by atoms with Crippen molar-refractivity contribution in [2.75, 3.05) is 6.54 Å². The van der Waals surface area contributed by atoms with Crippen LogP contribution in [0.3, 0.4) is 0 Å². The van der Waals surface area contributed by atoms with Crippen LogP contribution in [-0.2, 0) is 16.1 Å². The zero-order chi connectivity index (χ0) is 15.1. The highest BCUT2D eigenvalue weighted by Crippen LogP contribution is 2.19. The molecule has 1 unspecified atom stereocenters. The van der Waals surface area contributed by atoms with Crippen LogP contribution in [0.5, 0.6) is 0 Å². The molecule has 1 heterocycles. The second-order valence-corrected chi connectivity index (χ2v) is 4.97. The van der Waals surface area contributed by atoms with Crippen LogP contribution in [-0.4, -0.2) is 23.6 Å². The summed E-state index contributed by atoms with van der Waals surface area (Å²) in [5.41, 5.74) is 0.952. The van der Waals surface area contributed by atoms with Gasteiger partial charge < -0.3 is 9.47 Å². The normalized spacial score (nSPS) is 19.1. The van der Waals surface area contributed by atoms with E-state index in [4.69, 9.17) is 9.47 Å². The average Bonchev–Trinajstić information content (AvgIpc) is 2.50. The van der Waals surface area contributed by atoms with Gasteiger partial charge in [-0.3, -0.25) is 0 Å². The van der Waals surface area contributed by atoms with Crippen molar-refractivity contribution in [3.05, 3.63) is 61.0 Å². The minimum absolute atomic E-state index is 0.0952. The molecule has 1 atom stereocenters. The Morgan fingerprint density at radius 3 is 2.86 bits per heavy atom. The monoisotopic (exact) mass is 287 g/mol. The minimum Gasteiger partial charge on any atom is -0.472 e. The number of carbonyl (C=O) groups is 1. The van der Waals surface area contributed by atoms with Crippen LogP contribution in [0, 0.1) is 0 Å². The van der Waals surface area contributed by atoms with E-state index in [1.54, 1.807) is 6.08 Å². The van der Waals surface area contributed by atoms with Gasteiger partial charge >= 0.3 is 6.09 Å². The Hall–Kier alpha value is -2.23. The number of amides is 1. The molecule has 4 heteroatoms. The van der Waals surface area contributed by atoms with Crippen LogP contribution in [0.4, 0.5) is 4.79 Å². The molecular formula is C17H21NO3. The average molecular weight is 287 g/mol. The first-order valence-corrected chi connectivity index (χ1v) is 7.17. The van der Waals surface area contributed by atoms with Crippen LogP contribution in [0.15, 0.2) is 55.4 Å². The molecule has 1 aliphatic heterocycles. The molecule has 1 saturated heterocycles. The van der Waals surface area contributed by atoms with Crippen LogP contribution in [0.2, 0.25) is 0 Å². The van der Waals surface area contributed by atoms with Crippen molar-refractivity contribution in [1.29, 1.82) is 0 Å². The predicted octanol–water partition coefficient (Wildman–Crippen LogP) is 3.85. The van der Waals surface area contributed by atoms with E-state index in [-0.39, 0.29) is 12.7 Å². The van der Waals surface area contributed by atoms with Gasteiger partial charge in [0.15, 0.2) is 5.88 Å². The highest BCUT2D eigenvalue weighted by atomic mass is 16.6. The van der Waals surface area contributed by atoms with Gasteiger partial charge in [-0.05, 0) is 31.4 Å². The van der Waals surface area contributed by atoms with Crippen molar-refractivity contribution < 1.29 is 14.3 Å². The lowest BCUT2D eigenvalue weighted by Crippen LogP contribution is -2.35. The molecule has 0 aliphatic carbocycles. The molecule has 1 fully saturated rings. The van der Waals surface area contributed by atoms with E-state index in [0.29, 0.717) is 12.4 Å². The second kappa shape index (κ2) is 7.53. The van der Waals surface area contributed by atoms with E-state index < -0.39 is 6.09 Å². The molecule has 0 saturated carbocycles. The fourth-order valence-electron chi connectivity index (χ4n) is 2.19. The Labute approximate surface area is 125 Å². The van der Waals surface area contributed by atoms with Crippen LogP contribution >= 0.6 is 0 Å². The molecule has 4 nitrogen and oxygen atoms in total. The van der Waals surface area contributed by atoms with Crippen molar-refractivity contribution in [1.82, 2.24) is 4.90 Å². The number of carbonyl (C=O) groups excluding carboxylic acids is 1. The molecule has 0 bridgehead atoms. The zero-order valence-corrected chi connectivity index (χ0v) is 12.2. The van der Waals surface area contributed by atoms with Crippen LogP contribution < -0.4 is 0 Å². The maximum Gasteiger partial charge on any atom is 0.416 e. The van der Waals surface area contributed by atoms with Gasteiger partial charge in [0.1, 0.15) is 12.7 Å². The number of benzene rings is 1. The molecule has 1 aliphatic rings. The third kappa shape index (κ3) is 4.38. The van der Waals surface area contributed by atoms with E-state index in [1.807, 2.05) is 30.3 Å². The number of hydrogen-bond donors (Lipinski definition) is 0. The SMILES string of the molecule is C=CC1CCCCN(C(=O)OCc2ccccc2)C(=C)O1. The number of nitrogens with zero attached hydrogens (tertiary/aromatic N) is 1. The molecule has 1 aromatic rings. The standard InChI is InChI=1S/C17H21NO3/c1-3-16-11-7-8-12-18(14(2)21-16)17(19)20-13-15-9-5-4-6-10-15/h3-6,9-10,16H,1-2,7-8,11-13H2. The summed E-state index contributed by atoms with van der Waals surface area (Å²) < 4.78 is 11.0. The first-order chi connectivity index (χ1) is 10.2. The van der Waals surface area contributed by atoms with Gasteiger partial charge in [0.25, 0.3) is 0 Å². The molecule has 0 radical (unpaired) electrons. The molecule has 0 N–H and O–H groups in total. The van der Waals surface area contributed by atoms with Crippen molar-refractivity contribution >= 4 is 6.09 Å². The second-order valence-electron chi connectivity index (χ2n) is 4.97. The summed E-state index contributed by atoms with van der Waals surface area (Å²) in [5, 5.41) is 0. The van der Waals surface area contributed by atoms with Gasteiger partial charge in [0, 0.05) is 6.54 Å². The van der Waals surface area contributed by atoms with Crippen molar-refractivity contribution in [2.24, 2.45) is 0 Å². The third-order valence-corrected chi connectivity index (χ3v) is 3.40. The number of hydrogen-bond acceptors (Lipinski definition) is 3. The van der Waals surface area contributed by atoms with E-state index in [1.165, 1.54) is 4.90 Å². The van der Waals surface area contributed by atoms with Gasteiger partial charge in [-0.2, -0.15) is 0 Å². The number of ether oxygens (including phenoxy) is 2. The van der Waals surface area contributed by atoms with Gasteiger partial charge in [-0.1, -0.05) is 43.0 Å². The molecule has 0 spiro atoms. The van der Waals surface area contributed by atoms with Crippen molar-refractivity contribution in [2.45, 2.75) is 32.0 Å². The summed E-state index contributed by atoms with van der Waals surface area (Å²) in [5.74, 6) is 0.331. The largest absolute Gasteiger partial charge is 0.472 e. The first-order valence-electron chi connectivity index (χ1n) is 7.17. The lowest BCUT2D eigenvalue weighted by molar-refractivity contribution is 0.0403. The fraction of sp³-hybridized carbons (Fsp3) is 0.353. The number of rotatable bonds is 3. The first kappa shape index (κ1) is 15.2. The third-order valence-electron chi connectivity index (χ3n) is 3.40.